The van der Waals surface area contributed by atoms with Gasteiger partial charge in [-0.2, -0.15) is 5.10 Å². The van der Waals surface area contributed by atoms with Crippen molar-refractivity contribution in [3.8, 4) is 0 Å². The number of nitrogens with one attached hydrogen (secondary N) is 1. The van der Waals surface area contributed by atoms with Crippen molar-refractivity contribution in [2.45, 2.75) is 45.8 Å². The second kappa shape index (κ2) is 9.32. The van der Waals surface area contributed by atoms with Gasteiger partial charge in [0.15, 0.2) is 11.9 Å². The van der Waals surface area contributed by atoms with Crippen molar-refractivity contribution in [3.63, 3.8) is 0 Å². The van der Waals surface area contributed by atoms with E-state index < -0.39 is 18.0 Å². The van der Waals surface area contributed by atoms with E-state index in [1.165, 1.54) is 6.92 Å². The Balaban J connectivity index is 1.82. The van der Waals surface area contributed by atoms with Crippen LogP contribution in [0.25, 0.3) is 0 Å². The predicted molar refractivity (Wildman–Crippen MR) is 102 cm³/mol. The topological polar surface area (TPSA) is 90.3 Å². The Morgan fingerprint density at radius 3 is 2.41 bits per heavy atom. The molecule has 0 unspecified atom stereocenters. The number of aromatic nitrogens is 2. The Labute approximate surface area is 162 Å². The van der Waals surface area contributed by atoms with E-state index in [0.717, 1.165) is 0 Å². The number of rotatable bonds is 8. The third-order valence-corrected chi connectivity index (χ3v) is 4.06. The zero-order valence-corrected chi connectivity index (χ0v) is 16.2. The molecule has 0 saturated heterocycles. The highest BCUT2D eigenvalue weighted by Crippen LogP contribution is 2.14. The zero-order valence-electron chi connectivity index (χ0n) is 15.4. The maximum atomic E-state index is 12.2. The molecule has 1 amide bonds. The lowest BCUT2D eigenvalue weighted by Gasteiger charge is -2.15. The largest absolute Gasteiger partial charge is 0.453 e. The van der Waals surface area contributed by atoms with Gasteiger partial charge < -0.3 is 10.1 Å². The monoisotopic (exact) mass is 391 g/mol. The van der Waals surface area contributed by atoms with E-state index in [1.807, 2.05) is 13.8 Å². The van der Waals surface area contributed by atoms with Crippen LogP contribution in [0, 0.1) is 0 Å². The molecule has 0 aliphatic heterocycles. The summed E-state index contributed by atoms with van der Waals surface area (Å²) in [5.41, 5.74) is 0.472. The summed E-state index contributed by atoms with van der Waals surface area (Å²) in [6.07, 6.45) is 0.478. The number of Topliss-reactive ketones (excluding diaryl/α,β-unsaturated/α-hetero) is 1. The number of hydrogen-bond acceptors (Lipinski definition) is 5. The summed E-state index contributed by atoms with van der Waals surface area (Å²) in [6.45, 7) is 5.35. The molecule has 0 aliphatic rings. The van der Waals surface area contributed by atoms with Crippen LogP contribution in [0.2, 0.25) is 5.02 Å². The molecular formula is C19H22ClN3O4. The second-order valence-electron chi connectivity index (χ2n) is 6.31. The Bertz CT molecular complexity index is 815. The van der Waals surface area contributed by atoms with Crippen molar-refractivity contribution in [1.82, 2.24) is 9.78 Å². The molecule has 2 aromatic rings. The van der Waals surface area contributed by atoms with Gasteiger partial charge in [0, 0.05) is 29.1 Å². The summed E-state index contributed by atoms with van der Waals surface area (Å²) >= 11 is 5.78. The van der Waals surface area contributed by atoms with E-state index >= 15 is 0 Å². The molecule has 7 nitrogen and oxygen atoms in total. The Morgan fingerprint density at radius 1 is 1.11 bits per heavy atom. The van der Waals surface area contributed by atoms with Crippen molar-refractivity contribution >= 4 is 35.1 Å². The van der Waals surface area contributed by atoms with Crippen LogP contribution in [-0.2, 0) is 14.3 Å². The number of ether oxygens (including phenoxy) is 1. The van der Waals surface area contributed by atoms with Crippen molar-refractivity contribution < 1.29 is 19.1 Å². The fraction of sp³-hybridized carbons (Fsp3) is 0.368. The summed E-state index contributed by atoms with van der Waals surface area (Å²) in [7, 11) is 0. The van der Waals surface area contributed by atoms with Gasteiger partial charge in [-0.15, -0.1) is 0 Å². The van der Waals surface area contributed by atoms with Gasteiger partial charge in [-0.3, -0.25) is 14.4 Å². The molecule has 2 rings (SSSR count). The van der Waals surface area contributed by atoms with Gasteiger partial charge in [0.1, 0.15) is 5.82 Å². The molecule has 1 N–H and O–H groups in total. The van der Waals surface area contributed by atoms with Crippen molar-refractivity contribution in [3.05, 3.63) is 47.1 Å². The molecule has 0 fully saturated rings. The lowest BCUT2D eigenvalue weighted by Crippen LogP contribution is -2.31. The lowest BCUT2D eigenvalue weighted by molar-refractivity contribution is -0.153. The molecule has 0 spiro atoms. The van der Waals surface area contributed by atoms with Gasteiger partial charge in [0.25, 0.3) is 5.91 Å². The second-order valence-corrected chi connectivity index (χ2v) is 6.74. The van der Waals surface area contributed by atoms with Crippen LogP contribution < -0.4 is 5.32 Å². The quantitative estimate of drug-likeness (QED) is 0.548. The molecule has 1 aromatic carbocycles. The van der Waals surface area contributed by atoms with Crippen LogP contribution in [-0.4, -0.2) is 33.5 Å². The highest BCUT2D eigenvalue weighted by molar-refractivity contribution is 6.30. The number of amides is 1. The van der Waals surface area contributed by atoms with Crippen molar-refractivity contribution in [1.29, 1.82) is 0 Å². The molecule has 1 heterocycles. The number of halogens is 1. The van der Waals surface area contributed by atoms with E-state index in [9.17, 15) is 14.4 Å². The molecular weight excluding hydrogens is 370 g/mol. The van der Waals surface area contributed by atoms with Gasteiger partial charge in [-0.05, 0) is 45.0 Å². The third-order valence-electron chi connectivity index (χ3n) is 3.81. The summed E-state index contributed by atoms with van der Waals surface area (Å²) < 4.78 is 6.76. The molecule has 0 bridgehead atoms. The van der Waals surface area contributed by atoms with E-state index in [1.54, 1.807) is 41.2 Å². The standard InChI is InChI=1S/C19H22ClN3O4/c1-12(2)23-17(10-11-21-23)22-19(26)13(3)27-18(25)9-8-16(24)14-4-6-15(20)7-5-14/h4-7,10-13H,8-9H2,1-3H3,(H,22,26)/t13-/m0/s1. The minimum atomic E-state index is -0.987. The molecule has 27 heavy (non-hydrogen) atoms. The van der Waals surface area contributed by atoms with Crippen LogP contribution in [0.5, 0.6) is 0 Å². The zero-order chi connectivity index (χ0) is 20.0. The predicted octanol–water partition coefficient (Wildman–Crippen LogP) is 3.65. The normalized spacial score (nSPS) is 11.9. The molecule has 8 heteroatoms. The Kier molecular flexibility index (Phi) is 7.12. The first-order valence-electron chi connectivity index (χ1n) is 8.60. The highest BCUT2D eigenvalue weighted by Gasteiger charge is 2.20. The SMILES string of the molecule is CC(C)n1nccc1NC(=O)[C@H](C)OC(=O)CCC(=O)c1ccc(Cl)cc1. The van der Waals surface area contributed by atoms with Crippen molar-refractivity contribution in [2.24, 2.45) is 0 Å². The first-order valence-corrected chi connectivity index (χ1v) is 8.98. The smallest absolute Gasteiger partial charge is 0.307 e. The third kappa shape index (κ3) is 5.92. The molecule has 0 saturated carbocycles. The van der Waals surface area contributed by atoms with Gasteiger partial charge in [0.2, 0.25) is 0 Å². The van der Waals surface area contributed by atoms with Crippen LogP contribution in [0.4, 0.5) is 5.82 Å². The highest BCUT2D eigenvalue weighted by atomic mass is 35.5. The number of esters is 1. The summed E-state index contributed by atoms with van der Waals surface area (Å²) in [5, 5.41) is 7.33. The van der Waals surface area contributed by atoms with Crippen LogP contribution in [0.3, 0.4) is 0 Å². The van der Waals surface area contributed by atoms with Gasteiger partial charge in [-0.25, -0.2) is 4.68 Å². The molecule has 0 aliphatic carbocycles. The van der Waals surface area contributed by atoms with E-state index in [4.69, 9.17) is 16.3 Å². The van der Waals surface area contributed by atoms with Gasteiger partial charge in [-0.1, -0.05) is 11.6 Å². The first kappa shape index (κ1) is 20.6. The summed E-state index contributed by atoms with van der Waals surface area (Å²) in [4.78, 5) is 36.2. The average Bonchev–Trinajstić information content (AvgIpc) is 3.08. The molecule has 1 aromatic heterocycles. The minimum absolute atomic E-state index is 0.00503. The minimum Gasteiger partial charge on any atom is -0.453 e. The van der Waals surface area contributed by atoms with Crippen LogP contribution in [0.1, 0.15) is 50.0 Å². The number of nitrogens with zero attached hydrogens (tertiary/aromatic N) is 2. The van der Waals surface area contributed by atoms with E-state index in [-0.39, 0.29) is 24.7 Å². The number of carbonyl (C=O) groups is 3. The Morgan fingerprint density at radius 2 is 1.78 bits per heavy atom. The maximum Gasteiger partial charge on any atom is 0.307 e. The van der Waals surface area contributed by atoms with Crippen LogP contribution in [0.15, 0.2) is 36.5 Å². The molecule has 144 valence electrons. The summed E-state index contributed by atoms with van der Waals surface area (Å²) in [5.74, 6) is -0.746. The van der Waals surface area contributed by atoms with Crippen molar-refractivity contribution in [2.75, 3.05) is 5.32 Å². The lowest BCUT2D eigenvalue weighted by atomic mass is 10.1. The molecule has 1 atom stereocenters. The van der Waals surface area contributed by atoms with Crippen LogP contribution >= 0.6 is 11.6 Å². The Hall–Kier alpha value is -2.67. The fourth-order valence-electron chi connectivity index (χ4n) is 2.36. The fourth-order valence-corrected chi connectivity index (χ4v) is 2.48. The summed E-state index contributed by atoms with van der Waals surface area (Å²) in [6, 6.07) is 8.17. The number of anilines is 1. The number of carbonyl (C=O) groups excluding carboxylic acids is 3. The number of benzene rings is 1. The first-order chi connectivity index (χ1) is 12.8. The number of hydrogen-bond donors (Lipinski definition) is 1. The van der Waals surface area contributed by atoms with Gasteiger partial charge >= 0.3 is 5.97 Å². The average molecular weight is 392 g/mol. The van der Waals surface area contributed by atoms with E-state index in [2.05, 4.69) is 10.4 Å². The van der Waals surface area contributed by atoms with E-state index in [0.29, 0.717) is 16.4 Å². The maximum absolute atomic E-state index is 12.2. The van der Waals surface area contributed by atoms with Gasteiger partial charge in [0.05, 0.1) is 12.6 Å². The molecule has 0 radical (unpaired) electrons. The number of ketones is 1.